The van der Waals surface area contributed by atoms with Crippen LogP contribution in [0.3, 0.4) is 0 Å². The highest BCUT2D eigenvalue weighted by atomic mass is 35.5. The zero-order valence-corrected chi connectivity index (χ0v) is 10.7. The summed E-state index contributed by atoms with van der Waals surface area (Å²) in [6.07, 6.45) is -3.89. The molecule has 1 aromatic heterocycles. The molecule has 0 bridgehead atoms. The number of imidazole rings is 1. The monoisotopic (exact) mass is 303 g/mol. The third-order valence-corrected chi connectivity index (χ3v) is 2.86. The molecule has 2 rings (SSSR count). The first-order valence-corrected chi connectivity index (χ1v) is 5.62. The van der Waals surface area contributed by atoms with Gasteiger partial charge in [-0.3, -0.25) is 0 Å². The zero-order chi connectivity index (χ0) is 15.1. The average Bonchev–Trinajstić information content (AvgIpc) is 2.70. The summed E-state index contributed by atoms with van der Waals surface area (Å²) in [6, 6.07) is 3.76. The number of halogens is 5. The Morgan fingerprint density at radius 3 is 2.45 bits per heavy atom. The van der Waals surface area contributed by atoms with Crippen molar-refractivity contribution in [2.24, 2.45) is 7.05 Å². The molecule has 0 aliphatic rings. The Morgan fingerprint density at radius 2 is 2.00 bits per heavy atom. The van der Waals surface area contributed by atoms with E-state index in [0.717, 1.165) is 16.8 Å². The van der Waals surface area contributed by atoms with Crippen LogP contribution >= 0.6 is 11.6 Å². The van der Waals surface area contributed by atoms with E-state index in [4.69, 9.17) is 16.9 Å². The van der Waals surface area contributed by atoms with E-state index in [-0.39, 0.29) is 22.0 Å². The van der Waals surface area contributed by atoms with Crippen LogP contribution in [0, 0.1) is 17.1 Å². The molecule has 1 heterocycles. The molecule has 0 amide bonds. The maximum atomic E-state index is 13.9. The summed E-state index contributed by atoms with van der Waals surface area (Å²) >= 11 is 5.82. The van der Waals surface area contributed by atoms with Crippen LogP contribution in [-0.4, -0.2) is 9.55 Å². The van der Waals surface area contributed by atoms with E-state index in [0.29, 0.717) is 0 Å². The molecule has 0 aliphatic carbocycles. The molecule has 0 unspecified atom stereocenters. The molecular formula is C12H6ClF4N3. The van der Waals surface area contributed by atoms with Crippen molar-refractivity contribution in [3.63, 3.8) is 0 Å². The molecule has 0 saturated heterocycles. The van der Waals surface area contributed by atoms with Crippen LogP contribution < -0.4 is 0 Å². The summed E-state index contributed by atoms with van der Waals surface area (Å²) in [5.74, 6) is -1.17. The maximum Gasteiger partial charge on any atom is 0.434 e. The van der Waals surface area contributed by atoms with Crippen LogP contribution in [0.5, 0.6) is 0 Å². The zero-order valence-electron chi connectivity index (χ0n) is 9.96. The Balaban J connectivity index is 2.64. The molecule has 0 aliphatic heterocycles. The second-order valence-corrected chi connectivity index (χ2v) is 4.39. The number of hydrogen-bond acceptors (Lipinski definition) is 2. The number of nitrogens with zero attached hydrogens (tertiary/aromatic N) is 3. The summed E-state index contributed by atoms with van der Waals surface area (Å²) in [5, 5.41) is 8.49. The fraction of sp³-hybridized carbons (Fsp3) is 0.167. The van der Waals surface area contributed by atoms with Crippen LogP contribution in [-0.2, 0) is 13.2 Å². The van der Waals surface area contributed by atoms with E-state index in [1.807, 2.05) is 0 Å². The topological polar surface area (TPSA) is 41.6 Å². The van der Waals surface area contributed by atoms with Gasteiger partial charge < -0.3 is 4.57 Å². The fourth-order valence-electron chi connectivity index (χ4n) is 1.69. The summed E-state index contributed by atoms with van der Waals surface area (Å²) in [5.41, 5.74) is -1.44. The minimum atomic E-state index is -4.63. The van der Waals surface area contributed by atoms with Crippen molar-refractivity contribution in [3.05, 3.63) is 40.4 Å². The number of rotatable bonds is 1. The van der Waals surface area contributed by atoms with Gasteiger partial charge in [0.15, 0.2) is 5.69 Å². The van der Waals surface area contributed by atoms with Gasteiger partial charge in [-0.05, 0) is 12.1 Å². The molecule has 1 aromatic carbocycles. The predicted octanol–water partition coefficient (Wildman–Crippen LogP) is 3.77. The standard InChI is InChI=1S/C12H6ClF4N3/c1-20-5-9(12(15,16)17)19-11(20)10-7(13)2-6(4-18)3-8(10)14/h2-3,5H,1H3. The molecule has 0 radical (unpaired) electrons. The van der Waals surface area contributed by atoms with E-state index in [1.54, 1.807) is 6.07 Å². The first kappa shape index (κ1) is 14.3. The van der Waals surface area contributed by atoms with Gasteiger partial charge in [0.2, 0.25) is 0 Å². The number of alkyl halides is 3. The largest absolute Gasteiger partial charge is 0.434 e. The SMILES string of the molecule is Cn1cc(C(F)(F)F)nc1-c1c(F)cc(C#N)cc1Cl. The van der Waals surface area contributed by atoms with Gasteiger partial charge in [-0.2, -0.15) is 18.4 Å². The molecule has 0 spiro atoms. The number of hydrogen-bond donors (Lipinski definition) is 0. The predicted molar refractivity (Wildman–Crippen MR) is 63.3 cm³/mol. The highest BCUT2D eigenvalue weighted by Gasteiger charge is 2.35. The second kappa shape index (κ2) is 4.80. The van der Waals surface area contributed by atoms with Gasteiger partial charge in [-0.15, -0.1) is 0 Å². The molecule has 8 heteroatoms. The highest BCUT2D eigenvalue weighted by molar-refractivity contribution is 6.33. The fourth-order valence-corrected chi connectivity index (χ4v) is 1.98. The van der Waals surface area contributed by atoms with E-state index in [2.05, 4.69) is 4.98 Å². The average molecular weight is 304 g/mol. The van der Waals surface area contributed by atoms with Crippen molar-refractivity contribution in [2.75, 3.05) is 0 Å². The Kier molecular flexibility index (Phi) is 3.44. The summed E-state index contributed by atoms with van der Waals surface area (Å²) < 4.78 is 52.6. The number of benzene rings is 1. The van der Waals surface area contributed by atoms with E-state index in [1.165, 1.54) is 13.1 Å². The second-order valence-electron chi connectivity index (χ2n) is 3.99. The van der Waals surface area contributed by atoms with E-state index >= 15 is 0 Å². The first-order valence-electron chi connectivity index (χ1n) is 5.24. The molecule has 0 saturated carbocycles. The summed E-state index contributed by atoms with van der Waals surface area (Å²) in [7, 11) is 1.30. The first-order chi connectivity index (χ1) is 9.24. The molecule has 0 fully saturated rings. The Labute approximate surface area is 116 Å². The van der Waals surface area contributed by atoms with Gasteiger partial charge in [0.1, 0.15) is 11.6 Å². The maximum absolute atomic E-state index is 13.9. The molecular weight excluding hydrogens is 298 g/mol. The van der Waals surface area contributed by atoms with Crippen molar-refractivity contribution in [1.82, 2.24) is 9.55 Å². The minimum absolute atomic E-state index is 0.0264. The quantitative estimate of drug-likeness (QED) is 0.753. The van der Waals surface area contributed by atoms with Crippen LogP contribution in [0.1, 0.15) is 11.3 Å². The number of aryl methyl sites for hydroxylation is 1. The lowest BCUT2D eigenvalue weighted by Crippen LogP contribution is -2.05. The summed E-state index contributed by atoms with van der Waals surface area (Å²) in [6.45, 7) is 0. The van der Waals surface area contributed by atoms with Crippen molar-refractivity contribution in [1.29, 1.82) is 5.26 Å². The van der Waals surface area contributed by atoms with Gasteiger partial charge in [0.05, 0.1) is 22.2 Å². The minimum Gasteiger partial charge on any atom is -0.333 e. The third-order valence-electron chi connectivity index (χ3n) is 2.56. The Hall–Kier alpha value is -2.07. The molecule has 0 N–H and O–H groups in total. The molecule has 20 heavy (non-hydrogen) atoms. The van der Waals surface area contributed by atoms with Gasteiger partial charge >= 0.3 is 6.18 Å². The summed E-state index contributed by atoms with van der Waals surface area (Å²) in [4.78, 5) is 3.36. The molecule has 0 atom stereocenters. The Morgan fingerprint density at radius 1 is 1.35 bits per heavy atom. The third kappa shape index (κ3) is 2.47. The molecule has 104 valence electrons. The van der Waals surface area contributed by atoms with E-state index < -0.39 is 17.7 Å². The van der Waals surface area contributed by atoms with Gasteiger partial charge in [-0.25, -0.2) is 9.37 Å². The number of nitriles is 1. The van der Waals surface area contributed by atoms with Crippen molar-refractivity contribution in [2.45, 2.75) is 6.18 Å². The normalized spacial score (nSPS) is 11.4. The van der Waals surface area contributed by atoms with Crippen LogP contribution in [0.2, 0.25) is 5.02 Å². The molecule has 2 aromatic rings. The van der Waals surface area contributed by atoms with Crippen molar-refractivity contribution >= 4 is 11.6 Å². The van der Waals surface area contributed by atoms with E-state index in [9.17, 15) is 17.6 Å². The Bertz CT molecular complexity index is 689. The lowest BCUT2D eigenvalue weighted by atomic mass is 10.1. The molecule has 3 nitrogen and oxygen atoms in total. The number of aromatic nitrogens is 2. The van der Waals surface area contributed by atoms with Crippen LogP contribution in [0.15, 0.2) is 18.3 Å². The lowest BCUT2D eigenvalue weighted by molar-refractivity contribution is -0.140. The van der Waals surface area contributed by atoms with Crippen LogP contribution in [0.25, 0.3) is 11.4 Å². The van der Waals surface area contributed by atoms with Gasteiger partial charge in [0, 0.05) is 13.2 Å². The van der Waals surface area contributed by atoms with Crippen LogP contribution in [0.4, 0.5) is 17.6 Å². The highest BCUT2D eigenvalue weighted by Crippen LogP contribution is 2.34. The smallest absolute Gasteiger partial charge is 0.333 e. The van der Waals surface area contributed by atoms with Crippen molar-refractivity contribution in [3.8, 4) is 17.5 Å². The van der Waals surface area contributed by atoms with Crippen molar-refractivity contribution < 1.29 is 17.6 Å². The van der Waals surface area contributed by atoms with Gasteiger partial charge in [-0.1, -0.05) is 11.6 Å². The lowest BCUT2D eigenvalue weighted by Gasteiger charge is -2.06. The van der Waals surface area contributed by atoms with Gasteiger partial charge in [0.25, 0.3) is 0 Å².